The van der Waals surface area contributed by atoms with Crippen LogP contribution in [-0.2, 0) is 38.0 Å². The van der Waals surface area contributed by atoms with Gasteiger partial charge in [0.15, 0.2) is 6.10 Å². The van der Waals surface area contributed by atoms with Gasteiger partial charge in [0.25, 0.3) is 0 Å². The first kappa shape index (κ1) is 17.1. The van der Waals surface area contributed by atoms with Gasteiger partial charge in [0.2, 0.25) is 0 Å². The van der Waals surface area contributed by atoms with E-state index in [0.717, 1.165) is 0 Å². The van der Waals surface area contributed by atoms with Gasteiger partial charge in [-0.15, -0.1) is 0 Å². The van der Waals surface area contributed by atoms with Crippen molar-refractivity contribution in [1.29, 1.82) is 0 Å². The van der Waals surface area contributed by atoms with E-state index in [4.69, 9.17) is 31.2 Å². The average Bonchev–Trinajstić information content (AvgIpc) is 2.60. The molecule has 0 unspecified atom stereocenters. The van der Waals surface area contributed by atoms with Crippen LogP contribution in [0, 0.1) is 0 Å². The van der Waals surface area contributed by atoms with Crippen LogP contribution in [0.3, 0.4) is 0 Å². The molecule has 0 aliphatic carbocycles. The third kappa shape index (κ3) is 7.17. The zero-order chi connectivity index (χ0) is 18.5. The van der Waals surface area contributed by atoms with Crippen molar-refractivity contribution >= 4 is 11.9 Å². The molecule has 4 atom stereocenters. The van der Waals surface area contributed by atoms with Gasteiger partial charge in [0, 0.05) is 45.0 Å². The highest BCUT2D eigenvalue weighted by Gasteiger charge is 2.38. The molecule has 0 aromatic heterocycles. The van der Waals surface area contributed by atoms with Crippen LogP contribution in [0.1, 0.15) is 16.5 Å². The molecular weight excluding hydrogens is 296 g/mol. The minimum atomic E-state index is -0.840. The molecule has 0 N–H and O–H groups in total. The van der Waals surface area contributed by atoms with E-state index in [9.17, 15) is 9.59 Å². The number of ether oxygens (including phenoxy) is 6. The Labute approximate surface area is 133 Å². The topological polar surface area (TPSA) is 89.5 Å². The molecule has 0 aromatic carbocycles. The molecule has 22 heavy (non-hydrogen) atoms. The Kier molecular flexibility index (Phi) is 8.85. The molecule has 0 saturated heterocycles. The first-order valence-electron chi connectivity index (χ1n) is 7.91. The molecular formula is C14H26O8. The standard InChI is InChI=1S/C14H26O8/c1-9(15)21-8-11(18-4)13(19-5)14(20-6)12(7-17-3)22-10(2)16/h11-14H,7-8H2,1-6H3/t11-,12-,13-,14-/m1/s1/i1D,2D. The fraction of sp³-hybridized carbons (Fsp3) is 0.857. The average molecular weight is 324 g/mol. The molecule has 0 fully saturated rings. The number of methoxy groups -OCH3 is 4. The van der Waals surface area contributed by atoms with Crippen LogP contribution in [-0.4, -0.2) is 78.0 Å². The van der Waals surface area contributed by atoms with Crippen LogP contribution in [0.4, 0.5) is 0 Å². The van der Waals surface area contributed by atoms with Gasteiger partial charge in [-0.25, -0.2) is 0 Å². The fourth-order valence-corrected chi connectivity index (χ4v) is 2.00. The van der Waals surface area contributed by atoms with Crippen molar-refractivity contribution in [3.63, 3.8) is 0 Å². The molecule has 0 heterocycles. The minimum Gasteiger partial charge on any atom is -0.463 e. The Morgan fingerprint density at radius 1 is 0.864 bits per heavy atom. The number of hydrogen-bond acceptors (Lipinski definition) is 8. The molecule has 0 rings (SSSR count). The lowest BCUT2D eigenvalue weighted by molar-refractivity contribution is -0.185. The van der Waals surface area contributed by atoms with E-state index in [1.807, 2.05) is 0 Å². The lowest BCUT2D eigenvalue weighted by atomic mass is 10.0. The van der Waals surface area contributed by atoms with Crippen molar-refractivity contribution in [2.24, 2.45) is 0 Å². The van der Waals surface area contributed by atoms with Crippen molar-refractivity contribution in [1.82, 2.24) is 0 Å². The molecule has 0 aromatic rings. The monoisotopic (exact) mass is 324 g/mol. The van der Waals surface area contributed by atoms with Crippen molar-refractivity contribution in [2.45, 2.75) is 38.2 Å². The van der Waals surface area contributed by atoms with Crippen LogP contribution >= 0.6 is 0 Å². The predicted octanol–water partition coefficient (Wildman–Crippen LogP) is 0.173. The summed E-state index contributed by atoms with van der Waals surface area (Å²) in [6, 6.07) is 0. The lowest BCUT2D eigenvalue weighted by Crippen LogP contribution is -2.51. The van der Waals surface area contributed by atoms with Gasteiger partial charge in [0.1, 0.15) is 24.9 Å². The van der Waals surface area contributed by atoms with Crippen LogP contribution in [0.2, 0.25) is 0 Å². The van der Waals surface area contributed by atoms with Crippen molar-refractivity contribution in [3.05, 3.63) is 0 Å². The summed E-state index contributed by atoms with van der Waals surface area (Å²) in [5, 5.41) is 0. The fourth-order valence-electron chi connectivity index (χ4n) is 2.00. The molecule has 0 saturated carbocycles. The molecule has 8 heteroatoms. The quantitative estimate of drug-likeness (QED) is 0.497. The van der Waals surface area contributed by atoms with E-state index in [0.29, 0.717) is 0 Å². The van der Waals surface area contributed by atoms with E-state index in [-0.39, 0.29) is 13.2 Å². The second-order valence-corrected chi connectivity index (χ2v) is 4.34. The van der Waals surface area contributed by atoms with E-state index in [1.165, 1.54) is 28.4 Å². The summed E-state index contributed by atoms with van der Waals surface area (Å²) in [4.78, 5) is 22.6. The normalized spacial score (nSPS) is 17.6. The molecule has 0 aliphatic rings. The van der Waals surface area contributed by atoms with Gasteiger partial charge in [0.05, 0.1) is 6.61 Å². The second-order valence-electron chi connectivity index (χ2n) is 4.34. The third-order valence-electron chi connectivity index (χ3n) is 2.93. The maximum absolute atomic E-state index is 11.4. The summed E-state index contributed by atoms with van der Waals surface area (Å²) in [5.74, 6) is -1.43. The molecule has 0 radical (unpaired) electrons. The molecule has 8 nitrogen and oxygen atoms in total. The molecule has 0 aliphatic heterocycles. The smallest absolute Gasteiger partial charge is 0.303 e. The number of rotatable bonds is 11. The highest BCUT2D eigenvalue weighted by Crippen LogP contribution is 2.17. The Morgan fingerprint density at radius 2 is 1.45 bits per heavy atom. The maximum atomic E-state index is 11.4. The van der Waals surface area contributed by atoms with Crippen molar-refractivity contribution in [3.8, 4) is 0 Å². The Balaban J connectivity index is 5.17. The van der Waals surface area contributed by atoms with Crippen LogP contribution in [0.5, 0.6) is 0 Å². The largest absolute Gasteiger partial charge is 0.463 e. The SMILES string of the molecule is [2H]CC(=O)OC[C@@H](OC)[C@@H](OC)[C@H](OC)[C@@H](COC)OC(=O)C[2H]. The number of esters is 2. The minimum absolute atomic E-state index is 0.0209. The zero-order valence-corrected chi connectivity index (χ0v) is 13.4. The molecule has 0 bridgehead atoms. The highest BCUT2D eigenvalue weighted by atomic mass is 16.6. The Bertz CT molecular complexity index is 369. The van der Waals surface area contributed by atoms with E-state index < -0.39 is 50.2 Å². The first-order valence-corrected chi connectivity index (χ1v) is 6.49. The van der Waals surface area contributed by atoms with Crippen molar-refractivity contribution < 1.29 is 40.8 Å². The van der Waals surface area contributed by atoms with Crippen LogP contribution < -0.4 is 0 Å². The summed E-state index contributed by atoms with van der Waals surface area (Å²) in [7, 11) is 5.64. The highest BCUT2D eigenvalue weighted by molar-refractivity contribution is 5.66. The predicted molar refractivity (Wildman–Crippen MR) is 76.5 cm³/mol. The Morgan fingerprint density at radius 3 is 1.91 bits per heavy atom. The lowest BCUT2D eigenvalue weighted by Gasteiger charge is -2.34. The van der Waals surface area contributed by atoms with Gasteiger partial charge in [-0.3, -0.25) is 9.59 Å². The van der Waals surface area contributed by atoms with Crippen LogP contribution in [0.25, 0.3) is 0 Å². The summed E-state index contributed by atoms with van der Waals surface area (Å²) in [6.45, 7) is -1.18. The van der Waals surface area contributed by atoms with Gasteiger partial charge < -0.3 is 28.4 Å². The van der Waals surface area contributed by atoms with E-state index >= 15 is 0 Å². The molecule has 130 valence electrons. The van der Waals surface area contributed by atoms with Gasteiger partial charge >= 0.3 is 11.9 Å². The molecule has 0 amide bonds. The van der Waals surface area contributed by atoms with Gasteiger partial charge in [-0.05, 0) is 0 Å². The van der Waals surface area contributed by atoms with E-state index in [2.05, 4.69) is 0 Å². The maximum Gasteiger partial charge on any atom is 0.303 e. The molecule has 0 spiro atoms. The number of carbonyl (C=O) groups excluding carboxylic acids is 2. The van der Waals surface area contributed by atoms with Gasteiger partial charge in [-0.1, -0.05) is 0 Å². The third-order valence-corrected chi connectivity index (χ3v) is 2.93. The van der Waals surface area contributed by atoms with E-state index in [1.54, 1.807) is 0 Å². The summed E-state index contributed by atoms with van der Waals surface area (Å²) in [6.07, 6.45) is -3.10. The zero-order valence-electron chi connectivity index (χ0n) is 15.4. The second kappa shape index (κ2) is 11.4. The summed E-state index contributed by atoms with van der Waals surface area (Å²) < 4.78 is 45.1. The number of hydrogen-bond donors (Lipinski definition) is 0. The Hall–Kier alpha value is -1.22. The van der Waals surface area contributed by atoms with Gasteiger partial charge in [-0.2, -0.15) is 0 Å². The summed E-state index contributed by atoms with van der Waals surface area (Å²) >= 11 is 0. The number of carbonyl (C=O) groups is 2. The first-order chi connectivity index (χ1) is 11.5. The summed E-state index contributed by atoms with van der Waals surface area (Å²) in [5.41, 5.74) is 0. The van der Waals surface area contributed by atoms with Crippen molar-refractivity contribution in [2.75, 3.05) is 41.7 Å². The van der Waals surface area contributed by atoms with Crippen LogP contribution in [0.15, 0.2) is 0 Å².